The fourth-order valence-corrected chi connectivity index (χ4v) is 4.10. The monoisotopic (exact) mass is 186 g/mol. The lowest BCUT2D eigenvalue weighted by Crippen LogP contribution is -2.65. The van der Waals surface area contributed by atoms with Crippen LogP contribution in [0.4, 0.5) is 0 Å². The Morgan fingerprint density at radius 1 is 1.17 bits per heavy atom. The normalized spacial score (nSPS) is 44.0. The van der Waals surface area contributed by atoms with Gasteiger partial charge in [-0.3, -0.25) is 0 Å². The lowest BCUT2D eigenvalue weighted by atomic mass is 9.32. The van der Waals surface area contributed by atoms with Gasteiger partial charge < -0.3 is 0 Å². The molecule has 0 aliphatic heterocycles. The molecule has 0 amide bonds. The largest absolute Gasteiger partial charge is 0.126 e. The Kier molecular flexibility index (Phi) is 1.95. The van der Waals surface area contributed by atoms with E-state index in [0.29, 0.717) is 5.41 Å². The van der Waals surface area contributed by atoms with Crippen molar-refractivity contribution in [2.45, 2.75) is 46.0 Å². The molecule has 0 unspecified atom stereocenters. The van der Waals surface area contributed by atoms with E-state index in [9.17, 15) is 0 Å². The van der Waals surface area contributed by atoms with Crippen LogP contribution in [-0.4, -0.2) is 5.88 Å². The lowest BCUT2D eigenvalue weighted by Gasteiger charge is -2.73. The fraction of sp³-hybridized carbons (Fsp3) is 1.00. The number of hydrogen-bond donors (Lipinski definition) is 0. The van der Waals surface area contributed by atoms with E-state index in [1.54, 1.807) is 0 Å². The van der Waals surface area contributed by atoms with Gasteiger partial charge in [-0.05, 0) is 36.0 Å². The van der Waals surface area contributed by atoms with Gasteiger partial charge in [-0.2, -0.15) is 0 Å². The second kappa shape index (κ2) is 2.64. The molecule has 0 spiro atoms. The molecule has 3 rings (SSSR count). The van der Waals surface area contributed by atoms with Crippen molar-refractivity contribution >= 4 is 11.6 Å². The second-order valence-corrected chi connectivity index (χ2v) is 5.31. The summed E-state index contributed by atoms with van der Waals surface area (Å²) in [7, 11) is 0. The SMILES string of the molecule is CCC(CC)C12CC(CCl)(C1)C2. The Balaban J connectivity index is 1.93. The van der Waals surface area contributed by atoms with Crippen LogP contribution in [0.25, 0.3) is 0 Å². The zero-order chi connectivity index (χ0) is 8.82. The van der Waals surface area contributed by atoms with Crippen molar-refractivity contribution in [1.29, 1.82) is 0 Å². The summed E-state index contributed by atoms with van der Waals surface area (Å²) < 4.78 is 0. The Bertz CT molecular complexity index is 162. The van der Waals surface area contributed by atoms with E-state index < -0.39 is 0 Å². The summed E-state index contributed by atoms with van der Waals surface area (Å²) in [6.07, 6.45) is 7.06. The van der Waals surface area contributed by atoms with E-state index in [1.165, 1.54) is 32.1 Å². The minimum atomic E-state index is 0.615. The minimum absolute atomic E-state index is 0.615. The highest BCUT2D eigenvalue weighted by molar-refractivity contribution is 6.18. The topological polar surface area (TPSA) is 0 Å². The molecular formula is C11H19Cl. The Morgan fingerprint density at radius 3 is 2.00 bits per heavy atom. The van der Waals surface area contributed by atoms with Gasteiger partial charge in [0.1, 0.15) is 0 Å². The van der Waals surface area contributed by atoms with E-state index >= 15 is 0 Å². The van der Waals surface area contributed by atoms with Crippen LogP contribution in [0.2, 0.25) is 0 Å². The Labute approximate surface area is 80.7 Å². The third-order valence-corrected chi connectivity index (χ3v) is 4.88. The van der Waals surface area contributed by atoms with Crippen molar-refractivity contribution in [3.05, 3.63) is 0 Å². The second-order valence-electron chi connectivity index (χ2n) is 5.04. The summed E-state index contributed by atoms with van der Waals surface area (Å²) in [5, 5.41) is 0. The Hall–Kier alpha value is 0.290. The molecule has 0 aromatic heterocycles. The first kappa shape index (κ1) is 8.87. The van der Waals surface area contributed by atoms with Crippen molar-refractivity contribution in [2.24, 2.45) is 16.7 Å². The molecule has 3 aliphatic rings. The minimum Gasteiger partial charge on any atom is -0.126 e. The van der Waals surface area contributed by atoms with Crippen molar-refractivity contribution in [1.82, 2.24) is 0 Å². The molecule has 2 bridgehead atoms. The maximum atomic E-state index is 5.94. The first-order valence-electron chi connectivity index (χ1n) is 5.26. The van der Waals surface area contributed by atoms with Crippen LogP contribution >= 0.6 is 11.6 Å². The van der Waals surface area contributed by atoms with Crippen LogP contribution in [0, 0.1) is 16.7 Å². The predicted octanol–water partition coefficient (Wildman–Crippen LogP) is 3.83. The van der Waals surface area contributed by atoms with Gasteiger partial charge in [0, 0.05) is 5.88 Å². The molecule has 0 aromatic rings. The first-order valence-corrected chi connectivity index (χ1v) is 5.80. The zero-order valence-electron chi connectivity index (χ0n) is 8.20. The van der Waals surface area contributed by atoms with Crippen LogP contribution < -0.4 is 0 Å². The van der Waals surface area contributed by atoms with Crippen LogP contribution in [-0.2, 0) is 0 Å². The molecule has 0 heterocycles. The average molecular weight is 187 g/mol. The highest BCUT2D eigenvalue weighted by Gasteiger charge is 2.68. The molecule has 3 fully saturated rings. The summed E-state index contributed by atoms with van der Waals surface area (Å²) in [6, 6.07) is 0. The van der Waals surface area contributed by atoms with Crippen molar-refractivity contribution in [3.63, 3.8) is 0 Å². The molecule has 70 valence electrons. The van der Waals surface area contributed by atoms with Crippen molar-refractivity contribution in [3.8, 4) is 0 Å². The van der Waals surface area contributed by atoms with Gasteiger partial charge in [0.25, 0.3) is 0 Å². The molecule has 3 saturated carbocycles. The smallest absolute Gasteiger partial charge is 0.0280 e. The van der Waals surface area contributed by atoms with E-state index in [0.717, 1.165) is 17.2 Å². The molecule has 0 N–H and O–H groups in total. The standard InChI is InChI=1S/C11H19Cl/c1-3-9(4-2)11-5-10(6-11,7-11)8-12/h9H,3-8H2,1-2H3. The van der Waals surface area contributed by atoms with Crippen molar-refractivity contribution < 1.29 is 0 Å². The molecule has 0 saturated heterocycles. The molecule has 0 radical (unpaired) electrons. The fourth-order valence-electron chi connectivity index (χ4n) is 3.81. The van der Waals surface area contributed by atoms with E-state index in [2.05, 4.69) is 13.8 Å². The molecule has 12 heavy (non-hydrogen) atoms. The highest BCUT2D eigenvalue weighted by atomic mass is 35.5. The van der Waals surface area contributed by atoms with Crippen molar-refractivity contribution in [2.75, 3.05) is 5.88 Å². The number of alkyl halides is 1. The maximum Gasteiger partial charge on any atom is 0.0280 e. The van der Waals surface area contributed by atoms with E-state index in [1.807, 2.05) is 0 Å². The van der Waals surface area contributed by atoms with E-state index in [-0.39, 0.29) is 0 Å². The summed E-state index contributed by atoms with van der Waals surface area (Å²) in [6.45, 7) is 4.67. The third kappa shape index (κ3) is 0.907. The van der Waals surface area contributed by atoms with Gasteiger partial charge in [-0.25, -0.2) is 0 Å². The van der Waals surface area contributed by atoms with Crippen LogP contribution in [0.15, 0.2) is 0 Å². The van der Waals surface area contributed by atoms with Crippen LogP contribution in [0.1, 0.15) is 46.0 Å². The summed E-state index contributed by atoms with van der Waals surface area (Å²) >= 11 is 5.94. The van der Waals surface area contributed by atoms with Gasteiger partial charge in [0.05, 0.1) is 0 Å². The van der Waals surface area contributed by atoms with E-state index in [4.69, 9.17) is 11.6 Å². The van der Waals surface area contributed by atoms with Gasteiger partial charge in [-0.15, -0.1) is 11.6 Å². The average Bonchev–Trinajstić information content (AvgIpc) is 1.93. The molecule has 0 aromatic carbocycles. The summed E-state index contributed by atoms with van der Waals surface area (Å²) in [5.41, 5.74) is 1.38. The van der Waals surface area contributed by atoms with Gasteiger partial charge in [-0.1, -0.05) is 26.7 Å². The molecule has 1 heteroatoms. The lowest BCUT2D eigenvalue weighted by molar-refractivity contribution is -0.223. The molecular weight excluding hydrogens is 168 g/mol. The van der Waals surface area contributed by atoms with Gasteiger partial charge in [0.15, 0.2) is 0 Å². The highest BCUT2D eigenvalue weighted by Crippen LogP contribution is 2.77. The molecule has 3 aliphatic carbocycles. The van der Waals surface area contributed by atoms with Gasteiger partial charge >= 0.3 is 0 Å². The number of hydrogen-bond acceptors (Lipinski definition) is 0. The predicted molar refractivity (Wildman–Crippen MR) is 53.5 cm³/mol. The number of halogens is 1. The molecule has 0 atom stereocenters. The Morgan fingerprint density at radius 2 is 1.67 bits per heavy atom. The van der Waals surface area contributed by atoms with Gasteiger partial charge in [0.2, 0.25) is 0 Å². The zero-order valence-corrected chi connectivity index (χ0v) is 8.95. The third-order valence-electron chi connectivity index (χ3n) is 4.32. The van der Waals surface area contributed by atoms with Crippen LogP contribution in [0.3, 0.4) is 0 Å². The molecule has 0 nitrogen and oxygen atoms in total. The summed E-state index contributed by atoms with van der Waals surface area (Å²) in [4.78, 5) is 0. The number of rotatable bonds is 4. The quantitative estimate of drug-likeness (QED) is 0.586. The maximum absolute atomic E-state index is 5.94. The first-order chi connectivity index (χ1) is 5.70. The summed E-state index contributed by atoms with van der Waals surface area (Å²) in [5.74, 6) is 1.90. The van der Waals surface area contributed by atoms with Crippen LogP contribution in [0.5, 0.6) is 0 Å².